The standard InChI is InChI=1S/C29H29NO4/c1-33-25-18-16-24(17-19-25)30-28(23-14-11-22(12-15-23)13-20-27(31)34-2)26(29(30)32)10-6-9-21-7-4-3-5-8-21/h3-5,7-8,11-20,26,28H,6,9-10H2,1-2H3/b20-13+. The Morgan fingerprint density at radius 2 is 1.65 bits per heavy atom. The molecule has 34 heavy (non-hydrogen) atoms. The van der Waals surface area contributed by atoms with E-state index in [1.807, 2.05) is 71.6 Å². The highest BCUT2D eigenvalue weighted by molar-refractivity contribution is 6.03. The number of hydrogen-bond acceptors (Lipinski definition) is 4. The lowest BCUT2D eigenvalue weighted by Gasteiger charge is -2.47. The lowest BCUT2D eigenvalue weighted by Crippen LogP contribution is -2.55. The van der Waals surface area contributed by atoms with Gasteiger partial charge in [0.25, 0.3) is 0 Å². The second kappa shape index (κ2) is 10.8. The Bertz CT molecular complexity index is 1140. The van der Waals surface area contributed by atoms with Gasteiger partial charge < -0.3 is 14.4 Å². The van der Waals surface area contributed by atoms with Crippen molar-refractivity contribution in [1.82, 2.24) is 0 Å². The predicted octanol–water partition coefficient (Wildman–Crippen LogP) is 5.61. The number of nitrogens with zero attached hydrogens (tertiary/aromatic N) is 1. The number of anilines is 1. The molecule has 0 N–H and O–H groups in total. The fourth-order valence-corrected chi connectivity index (χ4v) is 4.45. The summed E-state index contributed by atoms with van der Waals surface area (Å²) < 4.78 is 9.93. The first kappa shape index (κ1) is 23.3. The SMILES string of the molecule is COC(=O)/C=C/c1ccc(C2C(CCCc3ccccc3)C(=O)N2c2ccc(OC)cc2)cc1. The highest BCUT2D eigenvalue weighted by Crippen LogP contribution is 2.46. The summed E-state index contributed by atoms with van der Waals surface area (Å²) in [5.74, 6) is 0.451. The third-order valence-corrected chi connectivity index (χ3v) is 6.28. The third-order valence-electron chi connectivity index (χ3n) is 6.28. The summed E-state index contributed by atoms with van der Waals surface area (Å²) in [7, 11) is 2.99. The summed E-state index contributed by atoms with van der Waals surface area (Å²) in [4.78, 5) is 26.5. The van der Waals surface area contributed by atoms with Crippen molar-refractivity contribution < 1.29 is 19.1 Å². The molecule has 174 valence electrons. The summed E-state index contributed by atoms with van der Waals surface area (Å²) in [5.41, 5.74) is 4.14. The van der Waals surface area contributed by atoms with Gasteiger partial charge in [0.05, 0.1) is 26.2 Å². The first-order valence-corrected chi connectivity index (χ1v) is 11.5. The highest BCUT2D eigenvalue weighted by Gasteiger charge is 2.48. The summed E-state index contributed by atoms with van der Waals surface area (Å²) in [6.07, 6.45) is 5.86. The molecule has 3 aromatic rings. The fraction of sp³-hybridized carbons (Fsp3) is 0.241. The summed E-state index contributed by atoms with van der Waals surface area (Å²) >= 11 is 0. The minimum Gasteiger partial charge on any atom is -0.497 e. The molecule has 5 heteroatoms. The van der Waals surface area contributed by atoms with E-state index in [0.29, 0.717) is 0 Å². The molecule has 0 bridgehead atoms. The van der Waals surface area contributed by atoms with Crippen molar-refractivity contribution in [3.05, 3.63) is 102 Å². The van der Waals surface area contributed by atoms with E-state index in [2.05, 4.69) is 16.9 Å². The van der Waals surface area contributed by atoms with Crippen molar-refractivity contribution in [2.24, 2.45) is 5.92 Å². The maximum absolute atomic E-state index is 13.3. The van der Waals surface area contributed by atoms with Crippen LogP contribution >= 0.6 is 0 Å². The van der Waals surface area contributed by atoms with Gasteiger partial charge in [-0.2, -0.15) is 0 Å². The number of ether oxygens (including phenoxy) is 2. The molecule has 1 fully saturated rings. The van der Waals surface area contributed by atoms with E-state index < -0.39 is 5.97 Å². The predicted molar refractivity (Wildman–Crippen MR) is 134 cm³/mol. The lowest BCUT2D eigenvalue weighted by molar-refractivity contribution is -0.134. The molecule has 1 aliphatic rings. The number of aryl methyl sites for hydroxylation is 1. The molecule has 5 nitrogen and oxygen atoms in total. The van der Waals surface area contributed by atoms with Gasteiger partial charge in [0.15, 0.2) is 0 Å². The van der Waals surface area contributed by atoms with Crippen molar-refractivity contribution in [1.29, 1.82) is 0 Å². The molecule has 1 heterocycles. The number of methoxy groups -OCH3 is 2. The topological polar surface area (TPSA) is 55.8 Å². The molecule has 3 aromatic carbocycles. The molecule has 0 saturated carbocycles. The number of benzene rings is 3. The molecule has 1 aliphatic heterocycles. The van der Waals surface area contributed by atoms with Gasteiger partial charge in [-0.1, -0.05) is 54.6 Å². The number of amides is 1. The van der Waals surface area contributed by atoms with E-state index in [1.54, 1.807) is 13.2 Å². The van der Waals surface area contributed by atoms with Crippen LogP contribution in [0.15, 0.2) is 84.9 Å². The highest BCUT2D eigenvalue weighted by atomic mass is 16.5. The Balaban J connectivity index is 1.54. The minimum absolute atomic E-state index is 0.0321. The number of esters is 1. The smallest absolute Gasteiger partial charge is 0.330 e. The van der Waals surface area contributed by atoms with Crippen LogP contribution in [0.25, 0.3) is 6.08 Å². The Labute approximate surface area is 200 Å². The van der Waals surface area contributed by atoms with Gasteiger partial charge in [-0.25, -0.2) is 4.79 Å². The van der Waals surface area contributed by atoms with Crippen LogP contribution in [0.3, 0.4) is 0 Å². The fourth-order valence-electron chi connectivity index (χ4n) is 4.45. The third kappa shape index (κ3) is 5.20. The first-order chi connectivity index (χ1) is 16.6. The number of carbonyl (C=O) groups excluding carboxylic acids is 2. The van der Waals surface area contributed by atoms with E-state index in [-0.39, 0.29) is 17.9 Å². The molecule has 4 rings (SSSR count). The van der Waals surface area contributed by atoms with Crippen LogP contribution in [0, 0.1) is 5.92 Å². The van der Waals surface area contributed by atoms with Gasteiger partial charge in [0.2, 0.25) is 5.91 Å². The van der Waals surface area contributed by atoms with Gasteiger partial charge >= 0.3 is 5.97 Å². The van der Waals surface area contributed by atoms with Crippen molar-refractivity contribution in [2.45, 2.75) is 25.3 Å². The average molecular weight is 456 g/mol. The van der Waals surface area contributed by atoms with E-state index in [0.717, 1.165) is 41.8 Å². The molecule has 1 saturated heterocycles. The summed E-state index contributed by atoms with van der Waals surface area (Å²) in [6.45, 7) is 0. The Morgan fingerprint density at radius 1 is 0.941 bits per heavy atom. The van der Waals surface area contributed by atoms with Gasteiger partial charge in [-0.3, -0.25) is 4.79 Å². The number of carbonyl (C=O) groups is 2. The van der Waals surface area contributed by atoms with Gasteiger partial charge in [0, 0.05) is 11.8 Å². The van der Waals surface area contributed by atoms with Crippen molar-refractivity contribution in [2.75, 3.05) is 19.1 Å². The molecule has 2 atom stereocenters. The second-order valence-corrected chi connectivity index (χ2v) is 8.36. The van der Waals surface area contributed by atoms with E-state index in [4.69, 9.17) is 4.74 Å². The minimum atomic E-state index is -0.391. The van der Waals surface area contributed by atoms with Gasteiger partial charge in [-0.05, 0) is 66.3 Å². The molecule has 0 aliphatic carbocycles. The second-order valence-electron chi connectivity index (χ2n) is 8.36. The van der Waals surface area contributed by atoms with E-state index in [9.17, 15) is 9.59 Å². The molecular weight excluding hydrogens is 426 g/mol. The molecule has 0 spiro atoms. The normalized spacial score (nSPS) is 17.5. The van der Waals surface area contributed by atoms with Crippen LogP contribution in [0.5, 0.6) is 5.75 Å². The van der Waals surface area contributed by atoms with Crippen molar-refractivity contribution in [3.63, 3.8) is 0 Å². The molecule has 1 amide bonds. The van der Waals surface area contributed by atoms with Gasteiger partial charge in [0.1, 0.15) is 5.75 Å². The molecule has 0 aromatic heterocycles. The maximum atomic E-state index is 13.3. The van der Waals surface area contributed by atoms with Crippen LogP contribution in [0.4, 0.5) is 5.69 Å². The Hall–Kier alpha value is -3.86. The Morgan fingerprint density at radius 3 is 2.29 bits per heavy atom. The number of hydrogen-bond donors (Lipinski definition) is 0. The van der Waals surface area contributed by atoms with Crippen LogP contribution in [-0.2, 0) is 20.7 Å². The Kier molecular flexibility index (Phi) is 7.43. The number of β-lactam (4-membered cyclic amide) rings is 1. The molecule has 0 radical (unpaired) electrons. The van der Waals surface area contributed by atoms with Crippen LogP contribution < -0.4 is 9.64 Å². The van der Waals surface area contributed by atoms with Crippen molar-refractivity contribution in [3.8, 4) is 5.75 Å². The number of rotatable bonds is 9. The van der Waals surface area contributed by atoms with Crippen LogP contribution in [0.2, 0.25) is 0 Å². The lowest BCUT2D eigenvalue weighted by atomic mass is 9.78. The zero-order chi connectivity index (χ0) is 23.9. The van der Waals surface area contributed by atoms with Gasteiger partial charge in [-0.15, -0.1) is 0 Å². The zero-order valence-electron chi connectivity index (χ0n) is 19.5. The first-order valence-electron chi connectivity index (χ1n) is 11.5. The van der Waals surface area contributed by atoms with E-state index >= 15 is 0 Å². The zero-order valence-corrected chi connectivity index (χ0v) is 19.5. The van der Waals surface area contributed by atoms with Crippen molar-refractivity contribution >= 4 is 23.6 Å². The quantitative estimate of drug-likeness (QED) is 0.239. The van der Waals surface area contributed by atoms with Crippen LogP contribution in [-0.4, -0.2) is 26.1 Å². The monoisotopic (exact) mass is 455 g/mol. The van der Waals surface area contributed by atoms with Crippen LogP contribution in [0.1, 0.15) is 35.6 Å². The summed E-state index contributed by atoms with van der Waals surface area (Å²) in [5, 5.41) is 0. The average Bonchev–Trinajstić information content (AvgIpc) is 2.89. The molecular formula is C29H29NO4. The largest absolute Gasteiger partial charge is 0.497 e. The molecule has 2 unspecified atom stereocenters. The maximum Gasteiger partial charge on any atom is 0.330 e. The summed E-state index contributed by atoms with van der Waals surface area (Å²) in [6, 6.07) is 26.0. The van der Waals surface area contributed by atoms with E-state index in [1.165, 1.54) is 18.7 Å².